The monoisotopic (exact) mass is 782 g/mol. The van der Waals surface area contributed by atoms with E-state index in [1.54, 1.807) is 0 Å². The quantitative estimate of drug-likeness (QED) is 0.257. The molecule has 0 aromatic heterocycles. The maximum atomic E-state index is 8.79. The van der Waals surface area contributed by atoms with Gasteiger partial charge in [-0.2, -0.15) is 0 Å². The Labute approximate surface area is 248 Å². The molecule has 0 radical (unpaired) electrons. The van der Waals surface area contributed by atoms with Crippen molar-refractivity contribution in [2.45, 2.75) is 61.5 Å². The summed E-state index contributed by atoms with van der Waals surface area (Å²) in [6.45, 7) is 14.8. The van der Waals surface area contributed by atoms with E-state index in [2.05, 4.69) is 157 Å². The molecule has 0 amide bonds. The molecule has 0 bridgehead atoms. The van der Waals surface area contributed by atoms with Gasteiger partial charge < -0.3 is 5.11 Å². The minimum atomic E-state index is -0.250. The van der Waals surface area contributed by atoms with Gasteiger partial charge in [0, 0.05) is 5.33 Å². The zero-order valence-electron chi connectivity index (χ0n) is 20.9. The summed E-state index contributed by atoms with van der Waals surface area (Å²) >= 11 is 15.9. The SMILES string of the molecule is BrC(Br)(Br)Br.Cc1cc(C)cc(C)c1.Cc1cc(C)cc(CBr)c1.Cc1cc(C)cc(CO)c1. The molecule has 0 unspecified atom stereocenters. The number of aliphatic hydroxyl groups is 1. The number of benzene rings is 3. The van der Waals surface area contributed by atoms with Crippen molar-refractivity contribution in [3.63, 3.8) is 0 Å². The van der Waals surface area contributed by atoms with E-state index in [0.717, 1.165) is 10.9 Å². The van der Waals surface area contributed by atoms with E-state index in [1.165, 1.54) is 44.5 Å². The molecule has 0 fully saturated rings. The van der Waals surface area contributed by atoms with Crippen molar-refractivity contribution in [2.24, 2.45) is 0 Å². The molecule has 0 atom stereocenters. The van der Waals surface area contributed by atoms with Crippen molar-refractivity contribution in [3.05, 3.63) is 105 Å². The Morgan fingerprint density at radius 2 is 0.706 bits per heavy atom. The minimum absolute atomic E-state index is 0.141. The highest BCUT2D eigenvalue weighted by atomic mass is 80.0. The van der Waals surface area contributed by atoms with Crippen LogP contribution in [0.15, 0.2) is 54.6 Å². The molecule has 6 heteroatoms. The lowest BCUT2D eigenvalue weighted by molar-refractivity contribution is 0.281. The molecule has 34 heavy (non-hydrogen) atoms. The van der Waals surface area contributed by atoms with Gasteiger partial charge in [0.25, 0.3) is 0 Å². The van der Waals surface area contributed by atoms with Gasteiger partial charge >= 0.3 is 0 Å². The number of rotatable bonds is 2. The third-order valence-corrected chi connectivity index (χ3v) is 4.91. The molecule has 3 aromatic carbocycles. The van der Waals surface area contributed by atoms with Gasteiger partial charge in [-0.05, 0) is 123 Å². The lowest BCUT2D eigenvalue weighted by atomic mass is 10.1. The van der Waals surface area contributed by atoms with E-state index >= 15 is 0 Å². The van der Waals surface area contributed by atoms with Crippen LogP contribution in [0.2, 0.25) is 0 Å². The summed E-state index contributed by atoms with van der Waals surface area (Å²) in [7, 11) is 0. The lowest BCUT2D eigenvalue weighted by Gasteiger charge is -1.99. The van der Waals surface area contributed by atoms with Crippen molar-refractivity contribution in [1.29, 1.82) is 0 Å². The van der Waals surface area contributed by atoms with Gasteiger partial charge in [0.05, 0.1) is 6.61 Å². The van der Waals surface area contributed by atoms with E-state index in [9.17, 15) is 0 Å². The fourth-order valence-electron chi connectivity index (χ4n) is 3.51. The first-order valence-electron chi connectivity index (χ1n) is 10.7. The Balaban J connectivity index is 0.000000439. The molecule has 0 saturated carbocycles. The van der Waals surface area contributed by atoms with Crippen molar-refractivity contribution in [2.75, 3.05) is 0 Å². The number of hydrogen-bond donors (Lipinski definition) is 1. The maximum absolute atomic E-state index is 8.79. The van der Waals surface area contributed by atoms with Gasteiger partial charge in [-0.3, -0.25) is 0 Å². The van der Waals surface area contributed by atoms with Crippen LogP contribution in [0.1, 0.15) is 50.1 Å². The Morgan fingerprint density at radius 3 is 0.912 bits per heavy atom. The Hall–Kier alpha value is 0.0200. The van der Waals surface area contributed by atoms with E-state index in [-0.39, 0.29) is 7.66 Å². The van der Waals surface area contributed by atoms with Crippen LogP contribution in [0.3, 0.4) is 0 Å². The lowest BCUT2D eigenvalue weighted by Crippen LogP contribution is -1.85. The third kappa shape index (κ3) is 19.2. The first kappa shape index (κ1) is 34.0. The normalized spacial score (nSPS) is 10.1. The van der Waals surface area contributed by atoms with Gasteiger partial charge in [-0.15, -0.1) is 0 Å². The predicted octanol–water partition coefficient (Wildman–Crippen LogP) is 10.8. The largest absolute Gasteiger partial charge is 0.392 e. The molecule has 0 aliphatic carbocycles. The molecule has 0 aliphatic rings. The summed E-state index contributed by atoms with van der Waals surface area (Å²) in [5.74, 6) is 0. The van der Waals surface area contributed by atoms with Gasteiger partial charge in [0.15, 0.2) is 1.05 Å². The van der Waals surface area contributed by atoms with Crippen molar-refractivity contribution >= 4 is 79.6 Å². The second-order valence-electron chi connectivity index (χ2n) is 8.38. The minimum Gasteiger partial charge on any atom is -0.392 e. The topological polar surface area (TPSA) is 20.2 Å². The Morgan fingerprint density at radius 1 is 0.500 bits per heavy atom. The zero-order valence-corrected chi connectivity index (χ0v) is 28.9. The molecule has 0 heterocycles. The Kier molecular flexibility index (Phi) is 17.5. The highest BCUT2D eigenvalue weighted by Gasteiger charge is 2.08. The smallest absolute Gasteiger partial charge is 0.189 e. The average Bonchev–Trinajstić information content (AvgIpc) is 2.65. The van der Waals surface area contributed by atoms with Gasteiger partial charge in [0.1, 0.15) is 0 Å². The van der Waals surface area contributed by atoms with Crippen LogP contribution in [0.25, 0.3) is 0 Å². The summed E-state index contributed by atoms with van der Waals surface area (Å²) in [5, 5.41) is 9.74. The van der Waals surface area contributed by atoms with Crippen LogP contribution in [-0.4, -0.2) is 6.16 Å². The number of halogens is 5. The molecule has 3 rings (SSSR count). The van der Waals surface area contributed by atoms with E-state index < -0.39 is 0 Å². The summed E-state index contributed by atoms with van der Waals surface area (Å²) in [6, 6.07) is 19.2. The van der Waals surface area contributed by atoms with Crippen molar-refractivity contribution in [1.82, 2.24) is 0 Å². The molecular formula is C28H35Br5O. The molecular weight excluding hydrogens is 752 g/mol. The van der Waals surface area contributed by atoms with Crippen molar-refractivity contribution in [3.8, 4) is 0 Å². The van der Waals surface area contributed by atoms with Crippen LogP contribution >= 0.6 is 79.6 Å². The molecule has 1 nitrogen and oxygen atoms in total. The molecule has 188 valence electrons. The summed E-state index contributed by atoms with van der Waals surface area (Å²) in [4.78, 5) is 0. The van der Waals surface area contributed by atoms with Gasteiger partial charge in [-0.1, -0.05) is 109 Å². The summed E-state index contributed by atoms with van der Waals surface area (Å²) < 4.78 is -0.250. The predicted molar refractivity (Wildman–Crippen MR) is 169 cm³/mol. The van der Waals surface area contributed by atoms with E-state index in [4.69, 9.17) is 5.11 Å². The summed E-state index contributed by atoms with van der Waals surface area (Å²) in [5.41, 5.74) is 11.5. The van der Waals surface area contributed by atoms with Crippen LogP contribution in [-0.2, 0) is 11.9 Å². The van der Waals surface area contributed by atoms with Crippen LogP contribution < -0.4 is 0 Å². The fraction of sp³-hybridized carbons (Fsp3) is 0.357. The Bertz CT molecular complexity index is 862. The first-order chi connectivity index (χ1) is 15.6. The maximum Gasteiger partial charge on any atom is 0.189 e. The average molecular weight is 787 g/mol. The van der Waals surface area contributed by atoms with E-state index in [0.29, 0.717) is 0 Å². The van der Waals surface area contributed by atoms with Crippen LogP contribution in [0.4, 0.5) is 0 Å². The van der Waals surface area contributed by atoms with Crippen LogP contribution in [0, 0.1) is 48.5 Å². The van der Waals surface area contributed by atoms with E-state index in [1.807, 2.05) is 26.0 Å². The summed E-state index contributed by atoms with van der Waals surface area (Å²) in [6.07, 6.45) is 0. The molecule has 3 aromatic rings. The molecule has 1 N–H and O–H groups in total. The number of aliphatic hydroxyl groups excluding tert-OH is 1. The molecule has 0 aliphatic heterocycles. The molecule has 0 saturated heterocycles. The zero-order chi connectivity index (χ0) is 26.5. The number of hydrogen-bond acceptors (Lipinski definition) is 1. The van der Waals surface area contributed by atoms with Gasteiger partial charge in [-0.25, -0.2) is 0 Å². The second-order valence-corrected chi connectivity index (χ2v) is 20.1. The third-order valence-electron chi connectivity index (χ3n) is 4.27. The number of alkyl halides is 5. The fourth-order valence-corrected chi connectivity index (χ4v) is 3.83. The van der Waals surface area contributed by atoms with Crippen LogP contribution in [0.5, 0.6) is 0 Å². The molecule has 0 spiro atoms. The number of aryl methyl sites for hydroxylation is 7. The van der Waals surface area contributed by atoms with Gasteiger partial charge in [0.2, 0.25) is 0 Å². The second kappa shape index (κ2) is 17.5. The first-order valence-corrected chi connectivity index (χ1v) is 15.0. The highest BCUT2D eigenvalue weighted by Crippen LogP contribution is 2.39. The standard InChI is InChI=1S/C9H11Br.C9H12O.C9H12.CBr4/c2*1-7-3-8(2)5-9(4-7)6-10;1-7-4-8(2)6-9(3)5-7;2-1(3,4)5/h3-5H,6H2,1-2H3;3-5,10H,6H2,1-2H3;4-6H,1-3H3;. The van der Waals surface area contributed by atoms with Crippen molar-refractivity contribution < 1.29 is 5.11 Å². The highest BCUT2D eigenvalue weighted by molar-refractivity contribution is 9.52.